The van der Waals surface area contributed by atoms with Crippen LogP contribution in [0.5, 0.6) is 11.5 Å². The lowest BCUT2D eigenvalue weighted by molar-refractivity contribution is -0.136. The largest absolute Gasteiger partial charge is 0.497 e. The highest BCUT2D eigenvalue weighted by Crippen LogP contribution is 2.45. The lowest BCUT2D eigenvalue weighted by Gasteiger charge is -2.30. The SMILES string of the molecule is COc1ccc(/C=C2/CCC[C@@H]3C2=NN(C(=O)CN2N=N[C@@H]4C(=O)N(c5ccccc5)C(=O)[C@H]42)[C@H]3c2ccc(OC)cc2)cc1. The Hall–Kier alpha value is -5.32. The number of ether oxygens (including phenoxy) is 2. The van der Waals surface area contributed by atoms with E-state index >= 15 is 0 Å². The van der Waals surface area contributed by atoms with Gasteiger partial charge in [-0.25, -0.2) is 9.91 Å². The van der Waals surface area contributed by atoms with Gasteiger partial charge >= 0.3 is 0 Å². The Balaban J connectivity index is 1.19. The van der Waals surface area contributed by atoms with Crippen molar-refractivity contribution in [3.63, 3.8) is 0 Å². The molecule has 3 amide bonds. The van der Waals surface area contributed by atoms with Gasteiger partial charge in [-0.1, -0.05) is 47.7 Å². The second-order valence-electron chi connectivity index (χ2n) is 11.4. The van der Waals surface area contributed by atoms with Gasteiger partial charge in [0, 0.05) is 5.92 Å². The van der Waals surface area contributed by atoms with E-state index in [1.807, 2.05) is 54.6 Å². The van der Waals surface area contributed by atoms with Gasteiger partial charge in [-0.3, -0.25) is 19.4 Å². The highest BCUT2D eigenvalue weighted by molar-refractivity contribution is 6.25. The first-order valence-corrected chi connectivity index (χ1v) is 15.0. The molecule has 7 rings (SSSR count). The summed E-state index contributed by atoms with van der Waals surface area (Å²) in [6, 6.07) is 21.9. The van der Waals surface area contributed by atoms with Crippen molar-refractivity contribution < 1.29 is 23.9 Å². The molecule has 11 nitrogen and oxygen atoms in total. The first-order chi connectivity index (χ1) is 22.0. The zero-order valence-corrected chi connectivity index (χ0v) is 24.9. The third-order valence-electron chi connectivity index (χ3n) is 8.84. The summed E-state index contributed by atoms with van der Waals surface area (Å²) in [5.41, 5.74) is 4.39. The molecule has 3 heterocycles. The molecular weight excluding hydrogens is 572 g/mol. The average Bonchev–Trinajstić information content (AvgIpc) is 3.75. The molecule has 2 fully saturated rings. The number of methoxy groups -OCH3 is 2. The molecule has 3 aromatic rings. The van der Waals surface area contributed by atoms with Crippen molar-refractivity contribution in [3.05, 3.63) is 95.6 Å². The van der Waals surface area contributed by atoms with E-state index in [4.69, 9.17) is 14.6 Å². The van der Waals surface area contributed by atoms with Crippen molar-refractivity contribution in [3.8, 4) is 11.5 Å². The quantitative estimate of drug-likeness (QED) is 0.357. The van der Waals surface area contributed by atoms with E-state index in [1.165, 1.54) is 10.0 Å². The molecule has 0 unspecified atom stereocenters. The van der Waals surface area contributed by atoms with Crippen molar-refractivity contribution in [2.24, 2.45) is 21.4 Å². The molecule has 45 heavy (non-hydrogen) atoms. The molecule has 4 aliphatic rings. The number of fused-ring (bicyclic) bond motifs is 2. The Kier molecular flexibility index (Phi) is 7.36. The molecule has 0 spiro atoms. The molecule has 4 atom stereocenters. The van der Waals surface area contributed by atoms with Crippen LogP contribution in [0.1, 0.15) is 36.4 Å². The maximum Gasteiger partial charge on any atom is 0.264 e. The number of nitrogens with zero attached hydrogens (tertiary/aromatic N) is 6. The Morgan fingerprint density at radius 1 is 0.889 bits per heavy atom. The molecule has 0 bridgehead atoms. The summed E-state index contributed by atoms with van der Waals surface area (Å²) in [5.74, 6) is 0.245. The number of anilines is 1. The first-order valence-electron chi connectivity index (χ1n) is 15.0. The van der Waals surface area contributed by atoms with E-state index < -0.39 is 23.9 Å². The van der Waals surface area contributed by atoms with Crippen LogP contribution in [0, 0.1) is 5.92 Å². The number of rotatable bonds is 7. The van der Waals surface area contributed by atoms with E-state index in [0.29, 0.717) is 5.69 Å². The van der Waals surface area contributed by atoms with Gasteiger partial charge in [0.15, 0.2) is 12.1 Å². The molecule has 0 N–H and O–H groups in total. The smallest absolute Gasteiger partial charge is 0.264 e. The van der Waals surface area contributed by atoms with Crippen molar-refractivity contribution in [2.45, 2.75) is 37.4 Å². The second-order valence-corrected chi connectivity index (χ2v) is 11.4. The van der Waals surface area contributed by atoms with Crippen LogP contribution in [0.15, 0.2) is 99.9 Å². The van der Waals surface area contributed by atoms with Gasteiger partial charge in [0.1, 0.15) is 18.0 Å². The molecule has 0 radical (unpaired) electrons. The Morgan fingerprint density at radius 2 is 1.58 bits per heavy atom. The maximum absolute atomic E-state index is 14.1. The Morgan fingerprint density at radius 3 is 2.27 bits per heavy atom. The van der Waals surface area contributed by atoms with Crippen LogP contribution < -0.4 is 14.4 Å². The first kappa shape index (κ1) is 28.5. The summed E-state index contributed by atoms with van der Waals surface area (Å²) in [4.78, 5) is 41.9. The molecule has 1 saturated heterocycles. The topological polar surface area (TPSA) is 116 Å². The number of carbonyl (C=O) groups excluding carboxylic acids is 3. The highest BCUT2D eigenvalue weighted by Gasteiger charge is 2.55. The average molecular weight is 605 g/mol. The predicted octanol–water partition coefficient (Wildman–Crippen LogP) is 4.82. The van der Waals surface area contributed by atoms with E-state index in [-0.39, 0.29) is 24.4 Å². The minimum Gasteiger partial charge on any atom is -0.497 e. The number of hydrazone groups is 1. The number of benzene rings is 3. The standard InChI is InChI=1S/C34H32N6O5/c1-44-25-15-11-21(12-16-25)19-23-7-6-10-27-29(23)36-40(31(27)22-13-17-26(45-2)18-14-22)28(41)20-38-32-30(35-37-38)33(42)39(34(32)43)24-8-4-3-5-9-24/h3-5,8-9,11-19,27,30-32H,6-7,10,20H2,1-2H3/b23-19-/t27-,30+,31+,32+/m1/s1. The van der Waals surface area contributed by atoms with Gasteiger partial charge in [-0.15, -0.1) is 0 Å². The number of hydrogen-bond acceptors (Lipinski definition) is 9. The fourth-order valence-electron chi connectivity index (χ4n) is 6.64. The predicted molar refractivity (Wildman–Crippen MR) is 166 cm³/mol. The molecule has 1 aliphatic carbocycles. The molecule has 3 aliphatic heterocycles. The summed E-state index contributed by atoms with van der Waals surface area (Å²) in [6.45, 7) is -0.250. The molecule has 228 valence electrons. The zero-order chi connectivity index (χ0) is 31.1. The lowest BCUT2D eigenvalue weighted by atomic mass is 9.77. The van der Waals surface area contributed by atoms with Crippen molar-refractivity contribution in [1.82, 2.24) is 10.0 Å². The molecule has 0 aromatic heterocycles. The summed E-state index contributed by atoms with van der Waals surface area (Å²) in [5, 5.41) is 16.0. The van der Waals surface area contributed by atoms with Gasteiger partial charge in [-0.2, -0.15) is 10.2 Å². The van der Waals surface area contributed by atoms with Crippen LogP contribution in [0.2, 0.25) is 0 Å². The summed E-state index contributed by atoms with van der Waals surface area (Å²) in [6.07, 6.45) is 4.79. The van der Waals surface area contributed by atoms with Gasteiger partial charge in [0.2, 0.25) is 0 Å². The lowest BCUT2D eigenvalue weighted by Crippen LogP contribution is -2.45. The van der Waals surface area contributed by atoms with Crippen molar-refractivity contribution >= 4 is 35.2 Å². The minimum absolute atomic E-state index is 0.0168. The number of imide groups is 1. The molecule has 1 saturated carbocycles. The second kappa shape index (κ2) is 11.6. The third kappa shape index (κ3) is 5.03. The highest BCUT2D eigenvalue weighted by atomic mass is 16.5. The molecule has 3 aromatic carbocycles. The summed E-state index contributed by atoms with van der Waals surface area (Å²) in [7, 11) is 3.26. The van der Waals surface area contributed by atoms with Gasteiger partial charge in [-0.05, 0) is 78.4 Å². The van der Waals surface area contributed by atoms with Gasteiger partial charge in [0.05, 0.1) is 31.7 Å². The van der Waals surface area contributed by atoms with Crippen LogP contribution in [0.3, 0.4) is 0 Å². The van der Waals surface area contributed by atoms with Crippen LogP contribution in [0.4, 0.5) is 5.69 Å². The van der Waals surface area contributed by atoms with E-state index in [2.05, 4.69) is 16.4 Å². The molecular formula is C34H32N6O5. The minimum atomic E-state index is -0.991. The monoisotopic (exact) mass is 604 g/mol. The number of carbonyl (C=O) groups is 3. The number of amides is 3. The third-order valence-corrected chi connectivity index (χ3v) is 8.84. The number of hydrogen-bond donors (Lipinski definition) is 0. The van der Waals surface area contributed by atoms with E-state index in [0.717, 1.165) is 58.1 Å². The number of allylic oxidation sites excluding steroid dienone is 1. The van der Waals surface area contributed by atoms with Crippen molar-refractivity contribution in [2.75, 3.05) is 25.7 Å². The van der Waals surface area contributed by atoms with Crippen LogP contribution in [-0.4, -0.2) is 66.3 Å². The fourth-order valence-corrected chi connectivity index (χ4v) is 6.64. The fraction of sp³-hybridized carbons (Fsp3) is 0.294. The van der Waals surface area contributed by atoms with Gasteiger partial charge in [0.25, 0.3) is 17.7 Å². The van der Waals surface area contributed by atoms with Crippen LogP contribution in [0.25, 0.3) is 6.08 Å². The Labute approximate surface area is 260 Å². The zero-order valence-electron chi connectivity index (χ0n) is 24.9. The maximum atomic E-state index is 14.1. The van der Waals surface area contributed by atoms with Crippen LogP contribution >= 0.6 is 0 Å². The molecule has 11 heteroatoms. The summed E-state index contributed by atoms with van der Waals surface area (Å²) >= 11 is 0. The van der Waals surface area contributed by atoms with E-state index in [9.17, 15) is 14.4 Å². The summed E-state index contributed by atoms with van der Waals surface area (Å²) < 4.78 is 10.7. The van der Waals surface area contributed by atoms with E-state index in [1.54, 1.807) is 38.5 Å². The normalized spacial score (nSPS) is 24.6. The Bertz CT molecular complexity index is 1720. The van der Waals surface area contributed by atoms with Crippen LogP contribution in [-0.2, 0) is 14.4 Å². The van der Waals surface area contributed by atoms with Gasteiger partial charge < -0.3 is 9.47 Å². The van der Waals surface area contributed by atoms with Crippen molar-refractivity contribution in [1.29, 1.82) is 0 Å². The number of para-hydroxylation sites is 1.